The van der Waals surface area contributed by atoms with Gasteiger partial charge in [-0.3, -0.25) is 5.32 Å². The van der Waals surface area contributed by atoms with E-state index in [9.17, 15) is 4.79 Å². The molecule has 1 saturated heterocycles. The van der Waals surface area contributed by atoms with Crippen molar-refractivity contribution < 1.29 is 9.53 Å². The lowest BCUT2D eigenvalue weighted by molar-refractivity contribution is 0.124. The molecule has 1 aliphatic rings. The molecule has 1 aromatic carbocycles. The van der Waals surface area contributed by atoms with Gasteiger partial charge < -0.3 is 4.74 Å². The number of carbonyl (C=O) groups excluding carboxylic acids is 1. The lowest BCUT2D eigenvalue weighted by atomic mass is 10.3. The predicted octanol–water partition coefficient (Wildman–Crippen LogP) is 3.39. The molecule has 0 saturated carbocycles. The average Bonchev–Trinajstić information content (AvgIpc) is 2.74. The molecule has 0 bridgehead atoms. The Balaban J connectivity index is 1.84. The number of nitrogens with one attached hydrogen (secondary N) is 1. The van der Waals surface area contributed by atoms with Crippen molar-refractivity contribution in [3.05, 3.63) is 29.3 Å². The quantitative estimate of drug-likeness (QED) is 0.883. The zero-order valence-corrected chi connectivity index (χ0v) is 10.2. The molecule has 1 heterocycles. The van der Waals surface area contributed by atoms with Gasteiger partial charge in [-0.1, -0.05) is 11.6 Å². The van der Waals surface area contributed by atoms with Crippen molar-refractivity contribution >= 4 is 35.1 Å². The summed E-state index contributed by atoms with van der Waals surface area (Å²) in [5.74, 6) is 1.97. The summed E-state index contributed by atoms with van der Waals surface area (Å²) < 4.78 is 5.24. The van der Waals surface area contributed by atoms with Crippen LogP contribution in [0.5, 0.6) is 0 Å². The first kappa shape index (κ1) is 11.6. The molecule has 16 heavy (non-hydrogen) atoms. The molecule has 1 amide bonds. The second kappa shape index (κ2) is 5.46. The molecule has 1 atom stereocenters. The normalized spacial score (nSPS) is 19.4. The summed E-state index contributed by atoms with van der Waals surface area (Å²) in [6.07, 6.45) is 0.603. The Hall–Kier alpha value is -0.870. The van der Waals surface area contributed by atoms with Crippen LogP contribution in [0.2, 0.25) is 5.02 Å². The van der Waals surface area contributed by atoms with Crippen molar-refractivity contribution in [2.24, 2.45) is 0 Å². The van der Waals surface area contributed by atoms with Gasteiger partial charge in [0.1, 0.15) is 6.10 Å². The predicted molar refractivity (Wildman–Crippen MR) is 67.3 cm³/mol. The van der Waals surface area contributed by atoms with Gasteiger partial charge in [0.15, 0.2) is 0 Å². The standard InChI is InChI=1S/C11H12ClNO2S/c12-8-1-3-9(4-2-8)13-11(14)15-10-5-6-16-7-10/h1-4,10H,5-7H2,(H,13,14). The van der Waals surface area contributed by atoms with E-state index in [4.69, 9.17) is 16.3 Å². The van der Waals surface area contributed by atoms with Crippen LogP contribution < -0.4 is 5.32 Å². The zero-order valence-electron chi connectivity index (χ0n) is 8.61. The Kier molecular flexibility index (Phi) is 3.96. The van der Waals surface area contributed by atoms with Gasteiger partial charge >= 0.3 is 6.09 Å². The fraction of sp³-hybridized carbons (Fsp3) is 0.364. The van der Waals surface area contributed by atoms with Crippen molar-refractivity contribution in [1.82, 2.24) is 0 Å². The van der Waals surface area contributed by atoms with Gasteiger partial charge in [0.2, 0.25) is 0 Å². The molecule has 5 heteroatoms. The van der Waals surface area contributed by atoms with Gasteiger partial charge in [0, 0.05) is 16.5 Å². The first-order valence-electron chi connectivity index (χ1n) is 5.05. The molecule has 0 aromatic heterocycles. The fourth-order valence-electron chi connectivity index (χ4n) is 1.44. The Morgan fingerprint density at radius 2 is 2.19 bits per heavy atom. The summed E-state index contributed by atoms with van der Waals surface area (Å²) in [4.78, 5) is 11.5. The number of rotatable bonds is 2. The van der Waals surface area contributed by atoms with E-state index >= 15 is 0 Å². The van der Waals surface area contributed by atoms with Gasteiger partial charge in [-0.25, -0.2) is 4.79 Å². The molecule has 1 unspecified atom stereocenters. The van der Waals surface area contributed by atoms with Crippen LogP contribution >= 0.6 is 23.4 Å². The van der Waals surface area contributed by atoms with Gasteiger partial charge in [-0.15, -0.1) is 0 Å². The van der Waals surface area contributed by atoms with Crippen molar-refractivity contribution in [1.29, 1.82) is 0 Å². The molecule has 86 valence electrons. The summed E-state index contributed by atoms with van der Waals surface area (Å²) in [5, 5.41) is 3.31. The van der Waals surface area contributed by atoms with Crippen LogP contribution in [0.1, 0.15) is 6.42 Å². The monoisotopic (exact) mass is 257 g/mol. The minimum Gasteiger partial charge on any atom is -0.445 e. The van der Waals surface area contributed by atoms with E-state index in [0.29, 0.717) is 10.7 Å². The molecule has 1 fully saturated rings. The average molecular weight is 258 g/mol. The summed E-state index contributed by atoms with van der Waals surface area (Å²) >= 11 is 7.55. The summed E-state index contributed by atoms with van der Waals surface area (Å²) in [7, 11) is 0. The van der Waals surface area contributed by atoms with E-state index < -0.39 is 6.09 Å². The maximum Gasteiger partial charge on any atom is 0.411 e. The highest BCUT2D eigenvalue weighted by Crippen LogP contribution is 2.20. The van der Waals surface area contributed by atoms with Gasteiger partial charge in [0.05, 0.1) is 0 Å². The summed E-state index contributed by atoms with van der Waals surface area (Å²) in [6.45, 7) is 0. The number of thioether (sulfide) groups is 1. The third-order valence-corrected chi connectivity index (χ3v) is 3.64. The first-order chi connectivity index (χ1) is 7.74. The third-order valence-electron chi connectivity index (χ3n) is 2.25. The maximum absolute atomic E-state index is 11.5. The number of hydrogen-bond donors (Lipinski definition) is 1. The number of benzene rings is 1. The van der Waals surface area contributed by atoms with E-state index in [0.717, 1.165) is 17.9 Å². The lowest BCUT2D eigenvalue weighted by Crippen LogP contribution is -2.21. The SMILES string of the molecule is O=C(Nc1ccc(Cl)cc1)OC1CCSC1. The minimum atomic E-state index is -0.394. The van der Waals surface area contributed by atoms with Crippen molar-refractivity contribution in [3.8, 4) is 0 Å². The minimum absolute atomic E-state index is 0.0531. The molecule has 1 aromatic rings. The molecule has 1 aliphatic heterocycles. The highest BCUT2D eigenvalue weighted by atomic mass is 35.5. The van der Waals surface area contributed by atoms with Crippen LogP contribution in [0.3, 0.4) is 0 Å². The summed E-state index contributed by atoms with van der Waals surface area (Å²) in [6, 6.07) is 6.94. The molecule has 1 N–H and O–H groups in total. The number of ether oxygens (including phenoxy) is 1. The largest absolute Gasteiger partial charge is 0.445 e. The molecular formula is C11H12ClNO2S. The van der Waals surface area contributed by atoms with Crippen LogP contribution in [-0.2, 0) is 4.74 Å². The van der Waals surface area contributed by atoms with Crippen LogP contribution in [0.15, 0.2) is 24.3 Å². The van der Waals surface area contributed by atoms with Crippen molar-refractivity contribution in [3.63, 3.8) is 0 Å². The highest BCUT2D eigenvalue weighted by Gasteiger charge is 2.19. The number of anilines is 1. The van der Waals surface area contributed by atoms with E-state index in [1.807, 2.05) is 11.8 Å². The molecular weight excluding hydrogens is 246 g/mol. The lowest BCUT2D eigenvalue weighted by Gasteiger charge is -2.11. The van der Waals surface area contributed by atoms with Crippen LogP contribution in [0.25, 0.3) is 0 Å². The second-order valence-corrected chi connectivity index (χ2v) is 5.11. The highest BCUT2D eigenvalue weighted by molar-refractivity contribution is 7.99. The maximum atomic E-state index is 11.5. The molecule has 0 aliphatic carbocycles. The molecule has 2 rings (SSSR count). The van der Waals surface area contributed by atoms with Crippen LogP contribution in [0.4, 0.5) is 10.5 Å². The van der Waals surface area contributed by atoms with E-state index in [2.05, 4.69) is 5.32 Å². The van der Waals surface area contributed by atoms with Crippen molar-refractivity contribution in [2.75, 3.05) is 16.8 Å². The van der Waals surface area contributed by atoms with Gasteiger partial charge in [-0.2, -0.15) is 11.8 Å². The molecule has 3 nitrogen and oxygen atoms in total. The Labute approximate surface area is 104 Å². The fourth-order valence-corrected chi connectivity index (χ4v) is 2.66. The Morgan fingerprint density at radius 3 is 2.81 bits per heavy atom. The topological polar surface area (TPSA) is 38.3 Å². The van der Waals surface area contributed by atoms with E-state index in [1.165, 1.54) is 0 Å². The number of carbonyl (C=O) groups is 1. The Bertz CT molecular complexity index is 363. The van der Waals surface area contributed by atoms with Gasteiger partial charge in [0.25, 0.3) is 0 Å². The third kappa shape index (κ3) is 3.32. The number of amides is 1. The van der Waals surface area contributed by atoms with Crippen molar-refractivity contribution in [2.45, 2.75) is 12.5 Å². The molecule has 0 spiro atoms. The smallest absolute Gasteiger partial charge is 0.411 e. The molecule has 0 radical (unpaired) electrons. The van der Waals surface area contributed by atoms with Crippen LogP contribution in [-0.4, -0.2) is 23.7 Å². The Morgan fingerprint density at radius 1 is 1.44 bits per heavy atom. The van der Waals surface area contributed by atoms with Crippen LogP contribution in [0, 0.1) is 0 Å². The van der Waals surface area contributed by atoms with E-state index in [-0.39, 0.29) is 6.10 Å². The van der Waals surface area contributed by atoms with E-state index in [1.54, 1.807) is 24.3 Å². The number of halogens is 1. The number of hydrogen-bond acceptors (Lipinski definition) is 3. The first-order valence-corrected chi connectivity index (χ1v) is 6.58. The second-order valence-electron chi connectivity index (χ2n) is 3.52. The van der Waals surface area contributed by atoms with Gasteiger partial charge in [-0.05, 0) is 36.4 Å². The zero-order chi connectivity index (χ0) is 11.4. The summed E-state index contributed by atoms with van der Waals surface area (Å²) in [5.41, 5.74) is 0.694.